The third-order valence-corrected chi connectivity index (χ3v) is 0. The molecule has 0 rings (SSSR count). The van der Waals surface area contributed by atoms with Gasteiger partial charge in [-0.15, -0.1) is 0 Å². The number of hydrogen-bond acceptors (Lipinski definition) is 3. The van der Waals surface area contributed by atoms with Crippen LogP contribution in [0.25, 0.3) is 0 Å². The van der Waals surface area contributed by atoms with Gasteiger partial charge in [0.25, 0.3) is 0 Å². The Morgan fingerprint density at radius 2 is 1.20 bits per heavy atom. The van der Waals surface area contributed by atoms with Crippen molar-refractivity contribution in [2.45, 2.75) is 20.0 Å². The third-order valence-electron chi connectivity index (χ3n) is 0. The first-order valence-electron chi connectivity index (χ1n) is 2.11. The molecule has 0 amide bonds. The molecule has 0 bridgehead atoms. The molecule has 0 aromatic carbocycles. The molecule has 0 spiro atoms. The minimum absolute atomic E-state index is 0. The maximum atomic E-state index is 8.74. The summed E-state index contributed by atoms with van der Waals surface area (Å²) >= 11 is 0. The van der Waals surface area contributed by atoms with E-state index in [9.17, 15) is 0 Å². The molecule has 0 unspecified atom stereocenters. The average Bonchev–Trinajstić information content (AvgIpc) is 1.19. The van der Waals surface area contributed by atoms with Gasteiger partial charge in [-0.3, -0.25) is 9.11 Å². The van der Waals surface area contributed by atoms with Gasteiger partial charge in [-0.25, -0.2) is 0 Å². The predicted molar refractivity (Wildman–Crippen MR) is 38.7 cm³/mol. The topological polar surface area (TPSA) is 94.8 Å². The average molecular weight is 182 g/mol. The molecule has 10 heavy (non-hydrogen) atoms. The van der Waals surface area contributed by atoms with E-state index in [1.807, 2.05) is 0 Å². The molecule has 0 aromatic rings. The van der Waals surface area contributed by atoms with E-state index in [1.165, 1.54) is 0 Å². The van der Waals surface area contributed by atoms with Gasteiger partial charge in [0, 0.05) is 6.10 Å². The van der Waals surface area contributed by atoms with Crippen LogP contribution in [0.15, 0.2) is 0 Å². The van der Waals surface area contributed by atoms with Crippen LogP contribution in [0.2, 0.25) is 0 Å². The summed E-state index contributed by atoms with van der Waals surface area (Å²) in [5.41, 5.74) is 0. The number of rotatable bonds is 0. The van der Waals surface area contributed by atoms with Crippen LogP contribution in [0.3, 0.4) is 0 Å². The first-order chi connectivity index (χ1) is 3.73. The summed E-state index contributed by atoms with van der Waals surface area (Å²) in [5.74, 6) is 0. The summed E-state index contributed by atoms with van der Waals surface area (Å²) < 4.78 is 31.6. The van der Waals surface area contributed by atoms with E-state index < -0.39 is 10.4 Å². The maximum absolute atomic E-state index is 8.74. The summed E-state index contributed by atoms with van der Waals surface area (Å²) in [4.78, 5) is 0. The Labute approximate surface area is 82.3 Å². The van der Waals surface area contributed by atoms with Crippen LogP contribution < -0.4 is 0 Å². The molecule has 60 valence electrons. The van der Waals surface area contributed by atoms with E-state index in [-0.39, 0.29) is 35.7 Å². The number of hydrogen-bond donors (Lipinski definition) is 3. The van der Waals surface area contributed by atoms with Gasteiger partial charge in [0.05, 0.1) is 0 Å². The Hall–Kier alpha value is 0.830. The van der Waals surface area contributed by atoms with Gasteiger partial charge < -0.3 is 5.11 Å². The predicted octanol–water partition coefficient (Wildman–Crippen LogP) is -0.914. The molecule has 0 atom stereocenters. The molecule has 3 N–H and O–H groups in total. The fraction of sp³-hybridized carbons (Fsp3) is 1.00. The molecule has 0 aromatic heterocycles. The van der Waals surface area contributed by atoms with Gasteiger partial charge in [-0.2, -0.15) is 8.42 Å². The molecule has 0 saturated carbocycles. The van der Waals surface area contributed by atoms with Crippen molar-refractivity contribution in [2.75, 3.05) is 0 Å². The SMILES string of the molecule is CC(C)O.O=S(=O)(O)O.[NaH]. The van der Waals surface area contributed by atoms with E-state index in [2.05, 4.69) is 0 Å². The fourth-order valence-corrected chi connectivity index (χ4v) is 0. The normalized spacial score (nSPS) is 9.40. The number of aliphatic hydroxyl groups is 1. The molecule has 0 heterocycles. The third kappa shape index (κ3) is 786. The van der Waals surface area contributed by atoms with Crippen LogP contribution in [0.4, 0.5) is 0 Å². The van der Waals surface area contributed by atoms with Crippen LogP contribution in [0.1, 0.15) is 13.8 Å². The van der Waals surface area contributed by atoms with Crippen molar-refractivity contribution < 1.29 is 22.6 Å². The first kappa shape index (κ1) is 17.1. The summed E-state index contributed by atoms with van der Waals surface area (Å²) in [6, 6.07) is 0. The zero-order chi connectivity index (χ0) is 8.08. The molecule has 0 aliphatic carbocycles. The van der Waals surface area contributed by atoms with Crippen molar-refractivity contribution in [3.8, 4) is 0 Å². The fourth-order valence-electron chi connectivity index (χ4n) is 0. The molecular weight excluding hydrogens is 171 g/mol. The Balaban J connectivity index is -0.0000000910. The van der Waals surface area contributed by atoms with E-state index in [0.29, 0.717) is 0 Å². The molecule has 0 aliphatic heterocycles. The van der Waals surface area contributed by atoms with E-state index >= 15 is 0 Å². The van der Waals surface area contributed by atoms with Gasteiger partial charge in [-0.1, -0.05) is 0 Å². The molecular formula is C3H11NaO5S. The summed E-state index contributed by atoms with van der Waals surface area (Å²) in [6.45, 7) is 3.44. The van der Waals surface area contributed by atoms with E-state index in [4.69, 9.17) is 22.6 Å². The second kappa shape index (κ2) is 7.93. The zero-order valence-electron chi connectivity index (χ0n) is 5.14. The molecule has 0 saturated heterocycles. The van der Waals surface area contributed by atoms with Crippen molar-refractivity contribution in [1.82, 2.24) is 0 Å². The standard InChI is InChI=1S/C3H8O.Na.H2O4S.H/c1-3(2)4;;1-5(2,3)4;/h3-4H,1-2H3;;(H2,1,2,3,4);. The van der Waals surface area contributed by atoms with Crippen molar-refractivity contribution in [3.05, 3.63) is 0 Å². The Kier molecular flexibility index (Phi) is 13.5. The van der Waals surface area contributed by atoms with Crippen molar-refractivity contribution >= 4 is 40.0 Å². The first-order valence-corrected chi connectivity index (χ1v) is 3.51. The van der Waals surface area contributed by atoms with Crippen molar-refractivity contribution in [3.63, 3.8) is 0 Å². The van der Waals surface area contributed by atoms with Gasteiger partial charge in [0.2, 0.25) is 0 Å². The van der Waals surface area contributed by atoms with Crippen LogP contribution >= 0.6 is 0 Å². The zero-order valence-corrected chi connectivity index (χ0v) is 5.96. The van der Waals surface area contributed by atoms with Gasteiger partial charge >= 0.3 is 40.0 Å². The molecule has 0 fully saturated rings. The molecule has 5 nitrogen and oxygen atoms in total. The van der Waals surface area contributed by atoms with Gasteiger partial charge in [-0.05, 0) is 13.8 Å². The second-order valence-corrected chi connectivity index (χ2v) is 2.44. The molecule has 0 aliphatic rings. The minimum atomic E-state index is -4.67. The van der Waals surface area contributed by atoms with Crippen molar-refractivity contribution in [1.29, 1.82) is 0 Å². The summed E-state index contributed by atoms with van der Waals surface area (Å²) in [6.07, 6.45) is -0.167. The quantitative estimate of drug-likeness (QED) is 0.333. The number of aliphatic hydroxyl groups excluding tert-OH is 1. The van der Waals surface area contributed by atoms with Crippen LogP contribution in [-0.2, 0) is 10.4 Å². The molecule has 7 heteroatoms. The Bertz CT molecular complexity index is 128. The van der Waals surface area contributed by atoms with Gasteiger partial charge in [0.1, 0.15) is 0 Å². The van der Waals surface area contributed by atoms with E-state index in [0.717, 1.165) is 0 Å². The second-order valence-electron chi connectivity index (χ2n) is 1.54. The summed E-state index contributed by atoms with van der Waals surface area (Å²) in [7, 11) is -4.67. The van der Waals surface area contributed by atoms with E-state index in [1.54, 1.807) is 13.8 Å². The Morgan fingerprint density at radius 3 is 1.20 bits per heavy atom. The molecule has 0 radical (unpaired) electrons. The van der Waals surface area contributed by atoms with Crippen LogP contribution in [0, 0.1) is 0 Å². The van der Waals surface area contributed by atoms with Gasteiger partial charge in [0.15, 0.2) is 0 Å². The van der Waals surface area contributed by atoms with Crippen molar-refractivity contribution in [2.24, 2.45) is 0 Å². The summed E-state index contributed by atoms with van der Waals surface area (Å²) in [5, 5.41) is 8.06. The van der Waals surface area contributed by atoms with Crippen LogP contribution in [-0.4, -0.2) is 58.3 Å². The Morgan fingerprint density at radius 1 is 1.20 bits per heavy atom. The monoisotopic (exact) mass is 182 g/mol. The van der Waals surface area contributed by atoms with Crippen LogP contribution in [0.5, 0.6) is 0 Å².